The third-order valence-electron chi connectivity index (χ3n) is 2.90. The number of nitrogens with zero attached hydrogens (tertiary/aromatic N) is 1. The zero-order valence-corrected chi connectivity index (χ0v) is 12.4. The Balaban J connectivity index is 2.30. The molecule has 1 aromatic carbocycles. The molecule has 0 radical (unpaired) electrons. The van der Waals surface area contributed by atoms with Gasteiger partial charge in [-0.2, -0.15) is 0 Å². The van der Waals surface area contributed by atoms with Crippen molar-refractivity contribution in [3.8, 4) is 5.75 Å². The number of carbonyl (C=O) groups is 2. The molecular weight excluding hydrogens is 302 g/mol. The van der Waals surface area contributed by atoms with Gasteiger partial charge in [0.15, 0.2) is 0 Å². The van der Waals surface area contributed by atoms with E-state index in [4.69, 9.17) is 21.4 Å². The molecule has 1 aliphatic heterocycles. The highest BCUT2D eigenvalue weighted by atomic mass is 35.5. The summed E-state index contributed by atoms with van der Waals surface area (Å²) in [5.74, 6) is 0.258. The maximum Gasteiger partial charge on any atom is 0.247 e. The van der Waals surface area contributed by atoms with Gasteiger partial charge in [0.05, 0.1) is 24.7 Å². The van der Waals surface area contributed by atoms with E-state index in [0.717, 1.165) is 4.90 Å². The third kappa shape index (κ3) is 2.92. The number of imide groups is 1. The maximum atomic E-state index is 12.3. The molecule has 1 heterocycles. The predicted octanol–water partition coefficient (Wildman–Crippen LogP) is 1.71. The van der Waals surface area contributed by atoms with Crippen LogP contribution < -0.4 is 9.64 Å². The zero-order valence-electron chi connectivity index (χ0n) is 10.8. The van der Waals surface area contributed by atoms with Gasteiger partial charge in [-0.1, -0.05) is 11.6 Å². The molecule has 1 aliphatic rings. The van der Waals surface area contributed by atoms with E-state index in [2.05, 4.69) is 0 Å². The second kappa shape index (κ2) is 6.47. The van der Waals surface area contributed by atoms with E-state index < -0.39 is 5.25 Å². The molecule has 20 heavy (non-hydrogen) atoms. The van der Waals surface area contributed by atoms with Gasteiger partial charge in [0.25, 0.3) is 0 Å². The number of aliphatic hydroxyl groups excluding tert-OH is 1. The molecule has 1 atom stereocenters. The molecule has 1 fully saturated rings. The van der Waals surface area contributed by atoms with Crippen LogP contribution in [0.25, 0.3) is 0 Å². The summed E-state index contributed by atoms with van der Waals surface area (Å²) >= 11 is 7.20. The highest BCUT2D eigenvalue weighted by Gasteiger charge is 2.40. The van der Waals surface area contributed by atoms with Crippen molar-refractivity contribution in [2.24, 2.45) is 0 Å². The van der Waals surface area contributed by atoms with E-state index in [1.807, 2.05) is 0 Å². The van der Waals surface area contributed by atoms with Gasteiger partial charge in [-0.3, -0.25) is 9.59 Å². The van der Waals surface area contributed by atoms with Crippen LogP contribution in [0.1, 0.15) is 6.42 Å². The Bertz CT molecular complexity index is 537. The summed E-state index contributed by atoms with van der Waals surface area (Å²) in [7, 11) is 1.47. The molecule has 0 bridgehead atoms. The lowest BCUT2D eigenvalue weighted by atomic mass is 10.2. The normalized spacial score (nSPS) is 18.8. The van der Waals surface area contributed by atoms with Crippen LogP contribution in [0.4, 0.5) is 5.69 Å². The van der Waals surface area contributed by atoms with Crippen LogP contribution in [0.2, 0.25) is 5.02 Å². The Hall–Kier alpha value is -1.24. The van der Waals surface area contributed by atoms with Gasteiger partial charge in [0.2, 0.25) is 11.8 Å². The van der Waals surface area contributed by atoms with E-state index in [1.165, 1.54) is 24.9 Å². The number of hydrogen-bond donors (Lipinski definition) is 1. The fourth-order valence-corrected chi connectivity index (χ4v) is 3.08. The molecule has 108 valence electrons. The highest BCUT2D eigenvalue weighted by Crippen LogP contribution is 2.36. The fraction of sp³-hybridized carbons (Fsp3) is 0.385. The molecule has 0 unspecified atom stereocenters. The smallest absolute Gasteiger partial charge is 0.247 e. The van der Waals surface area contributed by atoms with Gasteiger partial charge in [-0.15, -0.1) is 11.8 Å². The number of carbonyl (C=O) groups excluding carboxylic acids is 2. The Kier molecular flexibility index (Phi) is 4.91. The Morgan fingerprint density at radius 2 is 2.25 bits per heavy atom. The molecule has 1 aromatic rings. The number of aliphatic hydroxyl groups is 1. The summed E-state index contributed by atoms with van der Waals surface area (Å²) < 4.78 is 5.17. The average Bonchev–Trinajstić information content (AvgIpc) is 2.71. The summed E-state index contributed by atoms with van der Waals surface area (Å²) in [6, 6.07) is 4.79. The van der Waals surface area contributed by atoms with Crippen LogP contribution in [0.3, 0.4) is 0 Å². The van der Waals surface area contributed by atoms with Crippen LogP contribution in [0.15, 0.2) is 18.2 Å². The van der Waals surface area contributed by atoms with E-state index in [1.54, 1.807) is 12.1 Å². The Labute approximate surface area is 125 Å². The minimum atomic E-state index is -0.460. The van der Waals surface area contributed by atoms with Crippen LogP contribution in [-0.4, -0.2) is 41.6 Å². The van der Waals surface area contributed by atoms with Crippen molar-refractivity contribution in [2.75, 3.05) is 24.4 Å². The number of hydrogen-bond acceptors (Lipinski definition) is 5. The summed E-state index contributed by atoms with van der Waals surface area (Å²) in [6.07, 6.45) is 0.124. The largest absolute Gasteiger partial charge is 0.495 e. The van der Waals surface area contributed by atoms with Crippen LogP contribution in [0.5, 0.6) is 5.75 Å². The molecule has 1 N–H and O–H groups in total. The number of anilines is 1. The van der Waals surface area contributed by atoms with E-state index in [9.17, 15) is 9.59 Å². The number of halogens is 1. The molecule has 2 rings (SSSR count). The lowest BCUT2D eigenvalue weighted by Gasteiger charge is -2.18. The average molecular weight is 316 g/mol. The van der Waals surface area contributed by atoms with Crippen LogP contribution >= 0.6 is 23.4 Å². The lowest BCUT2D eigenvalue weighted by Crippen LogP contribution is -2.31. The first kappa shape index (κ1) is 15.2. The van der Waals surface area contributed by atoms with Crippen molar-refractivity contribution in [1.82, 2.24) is 0 Å². The number of thioether (sulfide) groups is 1. The van der Waals surface area contributed by atoms with Crippen molar-refractivity contribution < 1.29 is 19.4 Å². The molecule has 0 aliphatic carbocycles. The van der Waals surface area contributed by atoms with Gasteiger partial charge in [0, 0.05) is 17.2 Å². The summed E-state index contributed by atoms with van der Waals surface area (Å²) in [5.41, 5.74) is 0.363. The highest BCUT2D eigenvalue weighted by molar-refractivity contribution is 8.00. The number of ether oxygens (including phenoxy) is 1. The first-order chi connectivity index (χ1) is 9.58. The molecule has 7 heteroatoms. The van der Waals surface area contributed by atoms with Gasteiger partial charge in [-0.05, 0) is 18.2 Å². The topological polar surface area (TPSA) is 66.8 Å². The first-order valence-corrected chi connectivity index (χ1v) is 7.44. The SMILES string of the molecule is COc1ccc(Cl)cc1N1C(=O)C[C@@H](SCCO)C1=O. The summed E-state index contributed by atoms with van der Waals surface area (Å²) in [5, 5.41) is 8.78. The second-order valence-electron chi connectivity index (χ2n) is 4.17. The number of methoxy groups -OCH3 is 1. The maximum absolute atomic E-state index is 12.3. The van der Waals surface area contributed by atoms with Gasteiger partial charge < -0.3 is 9.84 Å². The fourth-order valence-electron chi connectivity index (χ4n) is 2.02. The molecule has 0 spiro atoms. The Morgan fingerprint density at radius 1 is 1.50 bits per heavy atom. The molecule has 5 nitrogen and oxygen atoms in total. The minimum Gasteiger partial charge on any atom is -0.495 e. The van der Waals surface area contributed by atoms with Crippen molar-refractivity contribution in [3.05, 3.63) is 23.2 Å². The van der Waals surface area contributed by atoms with Gasteiger partial charge in [0.1, 0.15) is 5.75 Å². The molecular formula is C13H14ClNO4S. The van der Waals surface area contributed by atoms with Crippen molar-refractivity contribution in [2.45, 2.75) is 11.7 Å². The minimum absolute atomic E-state index is 0.0247. The van der Waals surface area contributed by atoms with Crippen molar-refractivity contribution >= 4 is 40.9 Å². The van der Waals surface area contributed by atoms with Crippen molar-refractivity contribution in [1.29, 1.82) is 0 Å². The molecule has 2 amide bonds. The summed E-state index contributed by atoms with van der Waals surface area (Å²) in [4.78, 5) is 25.5. The monoisotopic (exact) mass is 315 g/mol. The standard InChI is InChI=1S/C13H14ClNO4S/c1-19-10-3-2-8(14)6-9(10)15-12(17)7-11(13(15)18)20-5-4-16/h2-3,6,11,16H,4-5,7H2,1H3/t11-/m1/s1. The molecule has 0 aromatic heterocycles. The van der Waals surface area contributed by atoms with Crippen LogP contribution in [-0.2, 0) is 9.59 Å². The van der Waals surface area contributed by atoms with E-state index >= 15 is 0 Å². The predicted molar refractivity (Wildman–Crippen MR) is 78.4 cm³/mol. The lowest BCUT2D eigenvalue weighted by molar-refractivity contribution is -0.121. The van der Waals surface area contributed by atoms with Crippen LogP contribution in [0, 0.1) is 0 Å². The summed E-state index contributed by atoms with van der Waals surface area (Å²) in [6.45, 7) is -0.0247. The third-order valence-corrected chi connectivity index (χ3v) is 4.32. The van der Waals surface area contributed by atoms with Crippen molar-refractivity contribution in [3.63, 3.8) is 0 Å². The first-order valence-electron chi connectivity index (χ1n) is 6.01. The van der Waals surface area contributed by atoms with Gasteiger partial charge >= 0.3 is 0 Å². The Morgan fingerprint density at radius 3 is 2.90 bits per heavy atom. The van der Waals surface area contributed by atoms with E-state index in [0.29, 0.717) is 22.2 Å². The molecule has 1 saturated heterocycles. The van der Waals surface area contributed by atoms with E-state index in [-0.39, 0.29) is 24.8 Å². The number of amides is 2. The number of benzene rings is 1. The van der Waals surface area contributed by atoms with Gasteiger partial charge in [-0.25, -0.2) is 4.90 Å². The number of rotatable bonds is 5. The zero-order chi connectivity index (χ0) is 14.7. The quantitative estimate of drug-likeness (QED) is 0.838. The second-order valence-corrected chi connectivity index (χ2v) is 5.92. The molecule has 0 saturated carbocycles.